The summed E-state index contributed by atoms with van der Waals surface area (Å²) in [4.78, 5) is 23.5. The summed E-state index contributed by atoms with van der Waals surface area (Å²) in [7, 11) is 0. The Morgan fingerprint density at radius 1 is 0.667 bits per heavy atom. The number of rotatable bonds is 21. The molecule has 5 heteroatoms. The van der Waals surface area contributed by atoms with Crippen LogP contribution in [0.5, 0.6) is 5.75 Å². The number of hydrogen-bond donors (Lipinski definition) is 0. The van der Waals surface area contributed by atoms with E-state index in [-0.39, 0.29) is 18.1 Å². The molecule has 0 bridgehead atoms. The Balaban J connectivity index is 1.83. The van der Waals surface area contributed by atoms with Gasteiger partial charge in [0, 0.05) is 12.8 Å². The van der Waals surface area contributed by atoms with Crippen molar-refractivity contribution < 1.29 is 23.5 Å². The summed E-state index contributed by atoms with van der Waals surface area (Å²) in [6.07, 6.45) is 19.8. The summed E-state index contributed by atoms with van der Waals surface area (Å²) >= 11 is 0. The van der Waals surface area contributed by atoms with E-state index in [9.17, 15) is 14.0 Å². The van der Waals surface area contributed by atoms with Gasteiger partial charge in [-0.05, 0) is 31.4 Å². The van der Waals surface area contributed by atoms with Crippen LogP contribution in [0.15, 0.2) is 24.3 Å². The quantitative estimate of drug-likeness (QED) is 0.104. The van der Waals surface area contributed by atoms with Gasteiger partial charge in [0.2, 0.25) is 0 Å². The van der Waals surface area contributed by atoms with Crippen molar-refractivity contribution in [2.45, 2.75) is 122 Å². The summed E-state index contributed by atoms with van der Waals surface area (Å²) in [5, 5.41) is 0. The lowest BCUT2D eigenvalue weighted by molar-refractivity contribution is -0.144. The molecule has 0 aliphatic carbocycles. The molecular formula is C28H45FO4. The zero-order valence-electron chi connectivity index (χ0n) is 20.8. The molecule has 0 unspecified atom stereocenters. The van der Waals surface area contributed by atoms with Crippen molar-refractivity contribution in [1.82, 2.24) is 0 Å². The number of hydrogen-bond acceptors (Lipinski definition) is 4. The second-order valence-electron chi connectivity index (χ2n) is 8.93. The molecule has 0 fully saturated rings. The first kappa shape index (κ1) is 29.1. The molecule has 188 valence electrons. The van der Waals surface area contributed by atoms with Crippen LogP contribution in [0.3, 0.4) is 0 Å². The molecule has 0 aliphatic heterocycles. The minimum atomic E-state index is -0.557. The molecule has 1 aromatic rings. The summed E-state index contributed by atoms with van der Waals surface area (Å²) < 4.78 is 23.7. The van der Waals surface area contributed by atoms with Gasteiger partial charge < -0.3 is 9.47 Å². The van der Waals surface area contributed by atoms with Crippen LogP contribution < -0.4 is 4.74 Å². The van der Waals surface area contributed by atoms with Crippen molar-refractivity contribution >= 4 is 11.9 Å². The Labute approximate surface area is 200 Å². The van der Waals surface area contributed by atoms with Crippen LogP contribution in [-0.4, -0.2) is 18.5 Å². The molecular weight excluding hydrogens is 419 g/mol. The van der Waals surface area contributed by atoms with Crippen molar-refractivity contribution in [3.8, 4) is 5.75 Å². The zero-order valence-corrected chi connectivity index (χ0v) is 20.8. The van der Waals surface area contributed by atoms with E-state index < -0.39 is 11.8 Å². The van der Waals surface area contributed by atoms with Crippen LogP contribution in [-0.2, 0) is 14.3 Å². The molecule has 1 rings (SSSR count). The fraction of sp³-hybridized carbons (Fsp3) is 0.714. The number of carbonyl (C=O) groups excluding carboxylic acids is 2. The number of benzene rings is 1. The van der Waals surface area contributed by atoms with E-state index in [1.165, 1.54) is 95.2 Å². The maximum atomic E-state index is 13.4. The predicted octanol–water partition coefficient (Wildman–Crippen LogP) is 8.32. The Bertz CT molecular complexity index is 632. The molecule has 4 nitrogen and oxygen atoms in total. The molecule has 0 heterocycles. The minimum absolute atomic E-state index is 0.0601. The minimum Gasteiger partial charge on any atom is -0.466 e. The molecule has 0 aliphatic rings. The zero-order chi connectivity index (χ0) is 24.0. The van der Waals surface area contributed by atoms with Crippen LogP contribution >= 0.6 is 0 Å². The Hall–Kier alpha value is -1.91. The smallest absolute Gasteiger partial charge is 0.311 e. The maximum absolute atomic E-state index is 13.4. The highest BCUT2D eigenvalue weighted by molar-refractivity contribution is 5.72. The SMILES string of the molecule is CCCCCCCCCCCCCCCCOC(=O)CCCCC(=O)Oc1ccccc1F. The highest BCUT2D eigenvalue weighted by atomic mass is 19.1. The predicted molar refractivity (Wildman–Crippen MR) is 132 cm³/mol. The molecule has 0 radical (unpaired) electrons. The average Bonchev–Trinajstić information content (AvgIpc) is 2.81. The normalized spacial score (nSPS) is 10.8. The van der Waals surface area contributed by atoms with Crippen molar-refractivity contribution in [3.63, 3.8) is 0 Å². The number of ether oxygens (including phenoxy) is 2. The van der Waals surface area contributed by atoms with Gasteiger partial charge in [0.1, 0.15) is 0 Å². The summed E-state index contributed by atoms with van der Waals surface area (Å²) in [6, 6.07) is 5.81. The van der Waals surface area contributed by atoms with E-state index >= 15 is 0 Å². The molecule has 0 atom stereocenters. The summed E-state index contributed by atoms with van der Waals surface area (Å²) in [6.45, 7) is 2.74. The van der Waals surface area contributed by atoms with Gasteiger partial charge in [0.25, 0.3) is 0 Å². The Morgan fingerprint density at radius 2 is 1.15 bits per heavy atom. The second kappa shape index (κ2) is 20.7. The Morgan fingerprint density at radius 3 is 1.70 bits per heavy atom. The van der Waals surface area contributed by atoms with E-state index in [0.717, 1.165) is 12.8 Å². The van der Waals surface area contributed by atoms with Gasteiger partial charge in [-0.25, -0.2) is 4.39 Å². The average molecular weight is 465 g/mol. The van der Waals surface area contributed by atoms with Gasteiger partial charge in [-0.3, -0.25) is 9.59 Å². The lowest BCUT2D eigenvalue weighted by Crippen LogP contribution is -2.10. The molecule has 0 spiro atoms. The number of halogens is 1. The third-order valence-electron chi connectivity index (χ3n) is 5.83. The van der Waals surface area contributed by atoms with Crippen LogP contribution in [0.25, 0.3) is 0 Å². The largest absolute Gasteiger partial charge is 0.466 e. The fourth-order valence-electron chi connectivity index (χ4n) is 3.79. The Kier molecular flexibility index (Phi) is 18.2. The van der Waals surface area contributed by atoms with Gasteiger partial charge >= 0.3 is 11.9 Å². The van der Waals surface area contributed by atoms with Gasteiger partial charge in [-0.15, -0.1) is 0 Å². The first-order valence-electron chi connectivity index (χ1n) is 13.2. The highest BCUT2D eigenvalue weighted by Crippen LogP contribution is 2.17. The first-order valence-corrected chi connectivity index (χ1v) is 13.2. The van der Waals surface area contributed by atoms with Crippen molar-refractivity contribution in [2.24, 2.45) is 0 Å². The van der Waals surface area contributed by atoms with E-state index in [2.05, 4.69) is 6.92 Å². The van der Waals surface area contributed by atoms with Crippen molar-refractivity contribution in [2.75, 3.05) is 6.61 Å². The lowest BCUT2D eigenvalue weighted by Gasteiger charge is -2.06. The van der Waals surface area contributed by atoms with Crippen LogP contribution in [0.1, 0.15) is 122 Å². The second-order valence-corrected chi connectivity index (χ2v) is 8.93. The molecule has 1 aromatic carbocycles. The number of unbranched alkanes of at least 4 members (excludes halogenated alkanes) is 14. The highest BCUT2D eigenvalue weighted by Gasteiger charge is 2.09. The summed E-state index contributed by atoms with van der Waals surface area (Å²) in [5.74, 6) is -1.32. The molecule has 33 heavy (non-hydrogen) atoms. The van der Waals surface area contributed by atoms with E-state index in [1.54, 1.807) is 6.07 Å². The molecule has 0 amide bonds. The molecule has 0 saturated heterocycles. The first-order chi connectivity index (χ1) is 16.1. The monoisotopic (exact) mass is 464 g/mol. The van der Waals surface area contributed by atoms with E-state index in [4.69, 9.17) is 9.47 Å². The number of carbonyl (C=O) groups is 2. The topological polar surface area (TPSA) is 52.6 Å². The number of para-hydroxylation sites is 1. The van der Waals surface area contributed by atoms with E-state index in [1.807, 2.05) is 0 Å². The van der Waals surface area contributed by atoms with Gasteiger partial charge in [0.15, 0.2) is 11.6 Å². The molecule has 0 N–H and O–H groups in total. The van der Waals surface area contributed by atoms with Crippen LogP contribution in [0, 0.1) is 5.82 Å². The number of esters is 2. The van der Waals surface area contributed by atoms with Gasteiger partial charge in [-0.1, -0.05) is 103 Å². The lowest BCUT2D eigenvalue weighted by atomic mass is 10.0. The molecule has 0 saturated carbocycles. The molecule has 0 aromatic heterocycles. The third kappa shape index (κ3) is 17.3. The standard InChI is InChI=1S/C28H45FO4/c1-2-3-4-5-6-7-8-9-10-11-12-13-14-19-24-32-27(30)22-17-18-23-28(31)33-26-21-16-15-20-25(26)29/h15-16,20-21H,2-14,17-19,22-24H2,1H3. The van der Waals surface area contributed by atoms with Gasteiger partial charge in [0.05, 0.1) is 6.61 Å². The maximum Gasteiger partial charge on any atom is 0.311 e. The van der Waals surface area contributed by atoms with Gasteiger partial charge in [-0.2, -0.15) is 0 Å². The van der Waals surface area contributed by atoms with Crippen molar-refractivity contribution in [1.29, 1.82) is 0 Å². The van der Waals surface area contributed by atoms with Crippen molar-refractivity contribution in [3.05, 3.63) is 30.1 Å². The van der Waals surface area contributed by atoms with Crippen LogP contribution in [0.4, 0.5) is 4.39 Å². The summed E-state index contributed by atoms with van der Waals surface area (Å²) in [5.41, 5.74) is 0. The van der Waals surface area contributed by atoms with Crippen LogP contribution in [0.2, 0.25) is 0 Å². The van der Waals surface area contributed by atoms with E-state index in [0.29, 0.717) is 25.9 Å². The fourth-order valence-corrected chi connectivity index (χ4v) is 3.79. The third-order valence-corrected chi connectivity index (χ3v) is 5.83.